The highest BCUT2D eigenvalue weighted by molar-refractivity contribution is 7.89. The fraction of sp³-hybridized carbons (Fsp3) is 0.0500. The van der Waals surface area contributed by atoms with Gasteiger partial charge < -0.3 is 0 Å². The number of benzene rings is 3. The van der Waals surface area contributed by atoms with Gasteiger partial charge in [-0.3, -0.25) is 19.8 Å². The van der Waals surface area contributed by atoms with Crippen LogP contribution in [0, 0.1) is 15.5 Å². The van der Waals surface area contributed by atoms with Gasteiger partial charge in [0.05, 0.1) is 16.3 Å². The van der Waals surface area contributed by atoms with Crippen LogP contribution < -0.4 is 8.61 Å². The van der Waals surface area contributed by atoms with E-state index < -0.39 is 22.1 Å². The minimum Gasteiger partial charge on any atom is -0.285 e. The van der Waals surface area contributed by atoms with Crippen LogP contribution in [0.5, 0.6) is 0 Å². The molecule has 2 unspecified atom stereocenters. The van der Waals surface area contributed by atoms with E-state index in [1.165, 1.54) is 28.6 Å². The third-order valence-electron chi connectivity index (χ3n) is 4.54. The molecule has 0 amide bonds. The Morgan fingerprint density at radius 1 is 0.931 bits per heavy atom. The molecule has 146 valence electrons. The fourth-order valence-corrected chi connectivity index (χ4v) is 4.89. The molecule has 0 radical (unpaired) electrons. The van der Waals surface area contributed by atoms with Crippen molar-refractivity contribution in [2.45, 2.75) is 6.04 Å². The Morgan fingerprint density at radius 2 is 1.55 bits per heavy atom. The predicted molar refractivity (Wildman–Crippen MR) is 115 cm³/mol. The maximum Gasteiger partial charge on any atom is 0.269 e. The van der Waals surface area contributed by atoms with Crippen molar-refractivity contribution < 1.29 is 9.13 Å². The van der Waals surface area contributed by atoms with E-state index in [0.717, 1.165) is 0 Å². The summed E-state index contributed by atoms with van der Waals surface area (Å²) in [5.41, 5.74) is 1.66. The van der Waals surface area contributed by atoms with E-state index in [4.69, 9.17) is 17.0 Å². The number of para-hydroxylation sites is 1. The second kappa shape index (κ2) is 7.65. The van der Waals surface area contributed by atoms with Crippen molar-refractivity contribution in [3.63, 3.8) is 0 Å². The lowest BCUT2D eigenvalue weighted by Gasteiger charge is -2.23. The van der Waals surface area contributed by atoms with Crippen LogP contribution in [0.3, 0.4) is 0 Å². The van der Waals surface area contributed by atoms with Crippen LogP contribution in [0.2, 0.25) is 5.02 Å². The van der Waals surface area contributed by atoms with Gasteiger partial charge in [-0.2, -0.15) is 0 Å². The van der Waals surface area contributed by atoms with E-state index in [-0.39, 0.29) is 11.5 Å². The number of halogens is 1. The topological polar surface area (TPSA) is 90.5 Å². The van der Waals surface area contributed by atoms with Crippen molar-refractivity contribution in [1.29, 1.82) is 5.41 Å². The summed E-state index contributed by atoms with van der Waals surface area (Å²) in [6.45, 7) is 0. The molecule has 1 N–H and O–H groups in total. The van der Waals surface area contributed by atoms with Gasteiger partial charge in [0.25, 0.3) is 5.69 Å². The molecule has 1 heterocycles. The van der Waals surface area contributed by atoms with Gasteiger partial charge in [-0.25, -0.2) is 8.51 Å². The third kappa shape index (κ3) is 3.37. The summed E-state index contributed by atoms with van der Waals surface area (Å²) >= 11 is 4.63. The van der Waals surface area contributed by atoms with E-state index in [1.54, 1.807) is 52.8 Å². The fourth-order valence-electron chi connectivity index (χ4n) is 3.21. The number of amidine groups is 1. The van der Waals surface area contributed by atoms with Crippen LogP contribution in [0.25, 0.3) is 0 Å². The van der Waals surface area contributed by atoms with Gasteiger partial charge in [0.1, 0.15) is 11.9 Å². The highest BCUT2D eigenvalue weighted by Crippen LogP contribution is 2.42. The summed E-state index contributed by atoms with van der Waals surface area (Å²) in [5.74, 6) is 0.0981. The molecule has 0 aromatic heterocycles. The lowest BCUT2D eigenvalue weighted by atomic mass is 10.0. The second-order valence-corrected chi connectivity index (χ2v) is 7.90. The highest BCUT2D eigenvalue weighted by Gasteiger charge is 2.45. The molecule has 9 heteroatoms. The third-order valence-corrected chi connectivity index (χ3v) is 6.36. The standard InChI is InChI=1S/C20H15ClN4O3S/c21-18-9-5-4-8-17(18)19-20(22)24(14-6-2-1-3-7-14)29(28)23(19)15-10-12-16(13-11-15)25(26)27/h1-13,19,22H. The van der Waals surface area contributed by atoms with Gasteiger partial charge in [-0.05, 0) is 30.3 Å². The maximum absolute atomic E-state index is 13.5. The van der Waals surface area contributed by atoms with Crippen molar-refractivity contribution >= 4 is 45.7 Å². The number of hydrogen-bond acceptors (Lipinski definition) is 4. The molecule has 2 atom stereocenters. The predicted octanol–water partition coefficient (Wildman–Crippen LogP) is 4.87. The van der Waals surface area contributed by atoms with Gasteiger partial charge in [-0.1, -0.05) is 48.0 Å². The first-order valence-electron chi connectivity index (χ1n) is 8.63. The van der Waals surface area contributed by atoms with Crippen molar-refractivity contribution in [2.75, 3.05) is 8.61 Å². The average molecular weight is 427 g/mol. The Bertz CT molecular complexity index is 1110. The Hall–Kier alpha value is -3.23. The van der Waals surface area contributed by atoms with E-state index in [9.17, 15) is 14.3 Å². The summed E-state index contributed by atoms with van der Waals surface area (Å²) in [7, 11) is 0. The van der Waals surface area contributed by atoms with Crippen LogP contribution >= 0.6 is 11.6 Å². The van der Waals surface area contributed by atoms with Gasteiger partial charge in [0, 0.05) is 22.7 Å². The van der Waals surface area contributed by atoms with E-state index in [2.05, 4.69) is 0 Å². The van der Waals surface area contributed by atoms with Crippen LogP contribution in [0.15, 0.2) is 78.9 Å². The van der Waals surface area contributed by atoms with Crippen LogP contribution in [0.1, 0.15) is 11.6 Å². The number of rotatable bonds is 4. The Balaban J connectivity index is 1.85. The minimum absolute atomic E-state index is 0.0667. The van der Waals surface area contributed by atoms with Crippen molar-refractivity contribution in [2.24, 2.45) is 0 Å². The second-order valence-electron chi connectivity index (χ2n) is 6.27. The quantitative estimate of drug-likeness (QED) is 0.476. The lowest BCUT2D eigenvalue weighted by molar-refractivity contribution is -0.384. The molecule has 3 aromatic rings. The van der Waals surface area contributed by atoms with Crippen LogP contribution in [-0.2, 0) is 11.2 Å². The molecule has 0 saturated carbocycles. The largest absolute Gasteiger partial charge is 0.285 e. The summed E-state index contributed by atoms with van der Waals surface area (Å²) in [4.78, 5) is 10.5. The zero-order valence-corrected chi connectivity index (χ0v) is 16.5. The maximum atomic E-state index is 13.5. The average Bonchev–Trinajstić information content (AvgIpc) is 2.99. The molecular formula is C20H15ClN4O3S. The lowest BCUT2D eigenvalue weighted by Crippen LogP contribution is -2.27. The molecular weight excluding hydrogens is 412 g/mol. The first kappa shape index (κ1) is 19.1. The van der Waals surface area contributed by atoms with Crippen molar-refractivity contribution in [1.82, 2.24) is 0 Å². The van der Waals surface area contributed by atoms with Gasteiger partial charge >= 0.3 is 0 Å². The molecule has 3 aromatic carbocycles. The molecule has 0 bridgehead atoms. The zero-order valence-electron chi connectivity index (χ0n) is 14.9. The molecule has 1 saturated heterocycles. The summed E-state index contributed by atoms with van der Waals surface area (Å²) in [6.07, 6.45) is 0. The normalized spacial score (nSPS) is 18.9. The smallest absolute Gasteiger partial charge is 0.269 e. The zero-order chi connectivity index (χ0) is 20.5. The number of anilines is 2. The Kier molecular flexibility index (Phi) is 5.04. The number of nitro groups is 1. The van der Waals surface area contributed by atoms with E-state index >= 15 is 0 Å². The minimum atomic E-state index is -1.77. The van der Waals surface area contributed by atoms with E-state index in [1.807, 2.05) is 6.07 Å². The molecule has 7 nitrogen and oxygen atoms in total. The van der Waals surface area contributed by atoms with Gasteiger partial charge in [0.15, 0.2) is 0 Å². The highest BCUT2D eigenvalue weighted by atomic mass is 35.5. The molecule has 0 aliphatic carbocycles. The molecule has 1 aliphatic heterocycles. The number of nitrogens with zero attached hydrogens (tertiary/aromatic N) is 3. The van der Waals surface area contributed by atoms with Gasteiger partial charge in [-0.15, -0.1) is 0 Å². The van der Waals surface area contributed by atoms with Crippen LogP contribution in [0.4, 0.5) is 17.1 Å². The summed E-state index contributed by atoms with van der Waals surface area (Å²) in [5, 5.41) is 20.2. The first-order valence-corrected chi connectivity index (χ1v) is 10.1. The molecule has 29 heavy (non-hydrogen) atoms. The Labute approximate surface area is 174 Å². The number of non-ortho nitro benzene ring substituents is 1. The Morgan fingerprint density at radius 3 is 2.17 bits per heavy atom. The molecule has 4 rings (SSSR count). The van der Waals surface area contributed by atoms with Gasteiger partial charge in [0.2, 0.25) is 11.2 Å². The summed E-state index contributed by atoms with van der Waals surface area (Å²) < 4.78 is 16.4. The molecule has 0 spiro atoms. The van der Waals surface area contributed by atoms with E-state index in [0.29, 0.717) is 22.0 Å². The number of hydrogen-bond donors (Lipinski definition) is 1. The van der Waals surface area contributed by atoms with Crippen molar-refractivity contribution in [3.8, 4) is 0 Å². The monoisotopic (exact) mass is 426 g/mol. The molecule has 1 aliphatic rings. The number of nitrogens with one attached hydrogen (secondary N) is 1. The number of nitro benzene ring substituents is 1. The molecule has 1 fully saturated rings. The van der Waals surface area contributed by atoms with Crippen LogP contribution in [-0.4, -0.2) is 15.0 Å². The first-order chi connectivity index (χ1) is 14.0. The summed E-state index contributed by atoms with van der Waals surface area (Å²) in [6, 6.07) is 21.1. The SMILES string of the molecule is N=C1C(c2ccccc2Cl)N(c2ccc([N+](=O)[O-])cc2)S(=O)N1c1ccccc1. The van der Waals surface area contributed by atoms with Crippen molar-refractivity contribution in [3.05, 3.63) is 99.6 Å².